The first-order valence-corrected chi connectivity index (χ1v) is 6.30. The van der Waals surface area contributed by atoms with Crippen LogP contribution in [0.5, 0.6) is 0 Å². The highest BCUT2D eigenvalue weighted by molar-refractivity contribution is 5.14. The molecule has 1 aliphatic rings. The zero-order valence-electron chi connectivity index (χ0n) is 10.8. The van der Waals surface area contributed by atoms with Crippen LogP contribution in [0.2, 0.25) is 0 Å². The van der Waals surface area contributed by atoms with E-state index in [1.165, 1.54) is 12.1 Å². The molecule has 2 N–H and O–H groups in total. The standard InChI is InChI=1S/C13H16F3NO3/c1-7-11(18)12(19)8(6-20-7)5-9-3-2-4-10(17-9)13(14,15)16/h2-4,7-8,11-12,18-19H,5-6H2,1H3/t7-,8?,11+,12-/m1/s1. The van der Waals surface area contributed by atoms with Crippen molar-refractivity contribution in [3.05, 3.63) is 29.6 Å². The Kier molecular flexibility index (Phi) is 4.31. The quantitative estimate of drug-likeness (QED) is 0.864. The number of halogens is 3. The fourth-order valence-electron chi connectivity index (χ4n) is 2.23. The van der Waals surface area contributed by atoms with E-state index in [-0.39, 0.29) is 18.7 Å². The number of aliphatic hydroxyl groups is 2. The number of hydrogen-bond donors (Lipinski definition) is 2. The molecular weight excluding hydrogens is 275 g/mol. The summed E-state index contributed by atoms with van der Waals surface area (Å²) < 4.78 is 43.0. The molecule has 1 aromatic heterocycles. The molecule has 0 aromatic carbocycles. The van der Waals surface area contributed by atoms with Crippen molar-refractivity contribution in [2.45, 2.75) is 37.8 Å². The van der Waals surface area contributed by atoms with E-state index in [1.807, 2.05) is 0 Å². The molecule has 20 heavy (non-hydrogen) atoms. The van der Waals surface area contributed by atoms with Crippen molar-refractivity contribution in [3.63, 3.8) is 0 Å². The van der Waals surface area contributed by atoms with E-state index in [0.29, 0.717) is 0 Å². The largest absolute Gasteiger partial charge is 0.433 e. The van der Waals surface area contributed by atoms with Gasteiger partial charge < -0.3 is 14.9 Å². The Morgan fingerprint density at radius 1 is 1.30 bits per heavy atom. The molecule has 2 heterocycles. The van der Waals surface area contributed by atoms with Crippen molar-refractivity contribution in [3.8, 4) is 0 Å². The van der Waals surface area contributed by atoms with Crippen molar-refractivity contribution in [1.82, 2.24) is 4.98 Å². The molecular formula is C13H16F3NO3. The van der Waals surface area contributed by atoms with Crippen LogP contribution in [-0.4, -0.2) is 40.1 Å². The number of aromatic nitrogens is 1. The van der Waals surface area contributed by atoms with Gasteiger partial charge in [-0.1, -0.05) is 6.07 Å². The van der Waals surface area contributed by atoms with Crippen molar-refractivity contribution >= 4 is 0 Å². The first kappa shape index (κ1) is 15.2. The van der Waals surface area contributed by atoms with Crippen molar-refractivity contribution in [1.29, 1.82) is 0 Å². The molecule has 7 heteroatoms. The molecule has 1 saturated heterocycles. The molecule has 1 unspecified atom stereocenters. The van der Waals surface area contributed by atoms with E-state index < -0.39 is 36.1 Å². The molecule has 112 valence electrons. The zero-order valence-corrected chi connectivity index (χ0v) is 10.8. The third kappa shape index (κ3) is 3.28. The minimum atomic E-state index is -4.49. The summed E-state index contributed by atoms with van der Waals surface area (Å²) in [6.45, 7) is 1.81. The predicted octanol–water partition coefficient (Wildman–Crippen LogP) is 1.40. The van der Waals surface area contributed by atoms with Crippen molar-refractivity contribution in [2.24, 2.45) is 5.92 Å². The van der Waals surface area contributed by atoms with Gasteiger partial charge >= 0.3 is 6.18 Å². The molecule has 0 spiro atoms. The Balaban J connectivity index is 2.10. The average Bonchev–Trinajstić information content (AvgIpc) is 2.39. The van der Waals surface area contributed by atoms with Crippen LogP contribution >= 0.6 is 0 Å². The van der Waals surface area contributed by atoms with Gasteiger partial charge in [0.2, 0.25) is 0 Å². The summed E-state index contributed by atoms with van der Waals surface area (Å²) in [7, 11) is 0. The fourth-order valence-corrected chi connectivity index (χ4v) is 2.23. The summed E-state index contributed by atoms with van der Waals surface area (Å²) in [5.74, 6) is -0.475. The number of pyridine rings is 1. The summed E-state index contributed by atoms with van der Waals surface area (Å²) in [5, 5.41) is 19.6. The number of hydrogen-bond acceptors (Lipinski definition) is 4. The summed E-state index contributed by atoms with van der Waals surface area (Å²) in [6, 6.07) is 3.64. The molecule has 2 rings (SSSR count). The third-order valence-electron chi connectivity index (χ3n) is 3.46. The van der Waals surface area contributed by atoms with Crippen LogP contribution in [0, 0.1) is 5.92 Å². The van der Waals surface area contributed by atoms with Gasteiger partial charge in [0.15, 0.2) is 0 Å². The molecule has 1 aromatic rings. The number of alkyl halides is 3. The first-order valence-electron chi connectivity index (χ1n) is 6.30. The summed E-state index contributed by atoms with van der Waals surface area (Å²) >= 11 is 0. The van der Waals surface area contributed by atoms with Crippen LogP contribution in [0.3, 0.4) is 0 Å². The van der Waals surface area contributed by atoms with Crippen LogP contribution in [0.25, 0.3) is 0 Å². The lowest BCUT2D eigenvalue weighted by atomic mass is 9.89. The first-order chi connectivity index (χ1) is 9.29. The summed E-state index contributed by atoms with van der Waals surface area (Å²) in [5.41, 5.74) is -0.746. The fraction of sp³-hybridized carbons (Fsp3) is 0.615. The van der Waals surface area contributed by atoms with E-state index in [9.17, 15) is 23.4 Å². The number of aliphatic hydroxyl groups excluding tert-OH is 2. The van der Waals surface area contributed by atoms with Gasteiger partial charge in [-0.15, -0.1) is 0 Å². The Bertz CT molecular complexity index is 466. The smallest absolute Gasteiger partial charge is 0.390 e. The normalized spacial score (nSPS) is 31.3. The summed E-state index contributed by atoms with van der Waals surface area (Å²) in [4.78, 5) is 3.54. The van der Waals surface area contributed by atoms with E-state index in [4.69, 9.17) is 4.74 Å². The molecule has 0 saturated carbocycles. The van der Waals surface area contributed by atoms with Crippen LogP contribution in [0.4, 0.5) is 13.2 Å². The predicted molar refractivity (Wildman–Crippen MR) is 63.9 cm³/mol. The highest BCUT2D eigenvalue weighted by Crippen LogP contribution is 2.28. The van der Waals surface area contributed by atoms with Crippen LogP contribution < -0.4 is 0 Å². The maximum Gasteiger partial charge on any atom is 0.433 e. The topological polar surface area (TPSA) is 62.6 Å². The van der Waals surface area contributed by atoms with Gasteiger partial charge in [0.05, 0.1) is 18.8 Å². The van der Waals surface area contributed by atoms with Gasteiger partial charge in [-0.3, -0.25) is 0 Å². The lowest BCUT2D eigenvalue weighted by Crippen LogP contribution is -2.49. The van der Waals surface area contributed by atoms with Gasteiger partial charge in [-0.25, -0.2) is 4.98 Å². The Morgan fingerprint density at radius 3 is 2.65 bits per heavy atom. The van der Waals surface area contributed by atoms with Gasteiger partial charge in [-0.05, 0) is 25.5 Å². The molecule has 1 aliphatic heterocycles. The Hall–Kier alpha value is -1.18. The molecule has 4 atom stereocenters. The second-order valence-corrected chi connectivity index (χ2v) is 5.00. The highest BCUT2D eigenvalue weighted by atomic mass is 19.4. The van der Waals surface area contributed by atoms with Crippen molar-refractivity contribution in [2.75, 3.05) is 6.61 Å². The van der Waals surface area contributed by atoms with E-state index in [0.717, 1.165) is 6.07 Å². The number of rotatable bonds is 2. The third-order valence-corrected chi connectivity index (χ3v) is 3.46. The highest BCUT2D eigenvalue weighted by Gasteiger charge is 2.37. The monoisotopic (exact) mass is 291 g/mol. The number of nitrogens with zero attached hydrogens (tertiary/aromatic N) is 1. The maximum absolute atomic E-state index is 12.6. The van der Waals surface area contributed by atoms with Crippen molar-refractivity contribution < 1.29 is 28.1 Å². The molecule has 0 amide bonds. The van der Waals surface area contributed by atoms with E-state index in [2.05, 4.69) is 4.98 Å². The van der Waals surface area contributed by atoms with Crippen LogP contribution in [0.15, 0.2) is 18.2 Å². The maximum atomic E-state index is 12.6. The second kappa shape index (κ2) is 5.67. The van der Waals surface area contributed by atoms with E-state index >= 15 is 0 Å². The molecule has 4 nitrogen and oxygen atoms in total. The van der Waals surface area contributed by atoms with E-state index in [1.54, 1.807) is 6.92 Å². The average molecular weight is 291 g/mol. The lowest BCUT2D eigenvalue weighted by molar-refractivity contribution is -0.157. The molecule has 1 fully saturated rings. The van der Waals surface area contributed by atoms with Crippen LogP contribution in [0.1, 0.15) is 18.3 Å². The second-order valence-electron chi connectivity index (χ2n) is 5.00. The van der Waals surface area contributed by atoms with Gasteiger partial charge in [-0.2, -0.15) is 13.2 Å². The van der Waals surface area contributed by atoms with Gasteiger partial charge in [0.1, 0.15) is 11.8 Å². The molecule has 0 bridgehead atoms. The number of ether oxygens (including phenoxy) is 1. The minimum Gasteiger partial charge on any atom is -0.390 e. The van der Waals surface area contributed by atoms with Gasteiger partial charge in [0, 0.05) is 11.6 Å². The van der Waals surface area contributed by atoms with Crippen LogP contribution in [-0.2, 0) is 17.3 Å². The van der Waals surface area contributed by atoms with Gasteiger partial charge in [0.25, 0.3) is 0 Å². The Labute approximate surface area is 114 Å². The lowest BCUT2D eigenvalue weighted by Gasteiger charge is -2.36. The summed E-state index contributed by atoms with van der Waals surface area (Å²) in [6.07, 6.45) is -6.94. The Morgan fingerprint density at radius 2 is 2.00 bits per heavy atom. The molecule has 0 aliphatic carbocycles. The molecule has 0 radical (unpaired) electrons. The SMILES string of the molecule is C[C@H]1OCC(Cc2cccc(C(F)(F)F)n2)[C@@H](O)[C@H]1O. The minimum absolute atomic E-state index is 0.120. The zero-order chi connectivity index (χ0) is 14.9.